The summed E-state index contributed by atoms with van der Waals surface area (Å²) in [4.78, 5) is 14.5. The number of likely N-dealkylation sites (tertiary alicyclic amines) is 1. The van der Waals surface area contributed by atoms with E-state index >= 15 is 0 Å². The first-order chi connectivity index (χ1) is 14.1. The van der Waals surface area contributed by atoms with Gasteiger partial charge >= 0.3 is 0 Å². The summed E-state index contributed by atoms with van der Waals surface area (Å²) in [7, 11) is 0. The van der Waals surface area contributed by atoms with E-state index in [4.69, 9.17) is 23.8 Å². The van der Waals surface area contributed by atoms with Crippen molar-refractivity contribution in [1.82, 2.24) is 10.2 Å². The van der Waals surface area contributed by atoms with Crippen LogP contribution in [0.5, 0.6) is 0 Å². The van der Waals surface area contributed by atoms with Crippen molar-refractivity contribution >= 4 is 52.3 Å². The summed E-state index contributed by atoms with van der Waals surface area (Å²) < 4.78 is 0. The number of thioether (sulfide) groups is 1. The van der Waals surface area contributed by atoms with Gasteiger partial charge in [0.1, 0.15) is 0 Å². The third kappa shape index (κ3) is 7.21. The number of amides is 1. The van der Waals surface area contributed by atoms with Gasteiger partial charge in [-0.25, -0.2) is 0 Å². The number of nitrogens with one attached hydrogen (secondary N) is 2. The Morgan fingerprint density at radius 1 is 1.03 bits per heavy atom. The van der Waals surface area contributed by atoms with Crippen molar-refractivity contribution in [3.63, 3.8) is 0 Å². The SMILES string of the molecule is O=C(c1ccc(NC(=S)NCCSCc2ccc(Cl)cc2)cc1)N1CCCCC1. The average Bonchev–Trinajstić information content (AvgIpc) is 2.75. The first-order valence-electron chi connectivity index (χ1n) is 9.88. The number of benzene rings is 2. The Balaban J connectivity index is 1.35. The molecule has 1 saturated heterocycles. The number of thiocarbonyl (C=S) groups is 1. The van der Waals surface area contributed by atoms with Crippen molar-refractivity contribution in [1.29, 1.82) is 0 Å². The highest BCUT2D eigenvalue weighted by Gasteiger charge is 2.17. The van der Waals surface area contributed by atoms with Crippen LogP contribution in [-0.4, -0.2) is 41.3 Å². The molecule has 2 aromatic rings. The Labute approximate surface area is 187 Å². The fourth-order valence-corrected chi connectivity index (χ4v) is 4.32. The molecule has 29 heavy (non-hydrogen) atoms. The van der Waals surface area contributed by atoms with Gasteiger partial charge in [0.15, 0.2) is 5.11 Å². The highest BCUT2D eigenvalue weighted by Crippen LogP contribution is 2.16. The molecule has 1 fully saturated rings. The first-order valence-corrected chi connectivity index (χ1v) is 11.8. The minimum atomic E-state index is 0.120. The lowest BCUT2D eigenvalue weighted by atomic mass is 10.1. The van der Waals surface area contributed by atoms with Gasteiger partial charge in [0, 0.05) is 47.4 Å². The van der Waals surface area contributed by atoms with Crippen LogP contribution in [0.4, 0.5) is 5.69 Å². The maximum atomic E-state index is 12.5. The van der Waals surface area contributed by atoms with Crippen molar-refractivity contribution in [3.8, 4) is 0 Å². The maximum absolute atomic E-state index is 12.5. The van der Waals surface area contributed by atoms with E-state index in [9.17, 15) is 4.79 Å². The first kappa shape index (κ1) is 21.9. The minimum Gasteiger partial charge on any atom is -0.362 e. The largest absolute Gasteiger partial charge is 0.362 e. The van der Waals surface area contributed by atoms with Crippen LogP contribution >= 0.6 is 35.6 Å². The molecule has 0 bridgehead atoms. The van der Waals surface area contributed by atoms with Crippen LogP contribution in [-0.2, 0) is 5.75 Å². The number of nitrogens with zero attached hydrogens (tertiary/aromatic N) is 1. The predicted octanol–water partition coefficient (Wildman–Crippen LogP) is 5.19. The van der Waals surface area contributed by atoms with E-state index in [0.717, 1.165) is 60.3 Å². The lowest BCUT2D eigenvalue weighted by molar-refractivity contribution is 0.0724. The van der Waals surface area contributed by atoms with Crippen LogP contribution < -0.4 is 10.6 Å². The maximum Gasteiger partial charge on any atom is 0.253 e. The van der Waals surface area contributed by atoms with Crippen LogP contribution in [0.2, 0.25) is 5.02 Å². The molecule has 0 saturated carbocycles. The molecule has 7 heteroatoms. The highest BCUT2D eigenvalue weighted by atomic mass is 35.5. The molecule has 1 aliphatic heterocycles. The molecule has 1 aliphatic rings. The van der Waals surface area contributed by atoms with Gasteiger partial charge in [-0.1, -0.05) is 23.7 Å². The Kier molecular flexibility index (Phi) is 8.65. The molecule has 4 nitrogen and oxygen atoms in total. The normalized spacial score (nSPS) is 13.8. The zero-order valence-electron chi connectivity index (χ0n) is 16.3. The van der Waals surface area contributed by atoms with Crippen LogP contribution in [0.3, 0.4) is 0 Å². The van der Waals surface area contributed by atoms with Crippen LogP contribution in [0.1, 0.15) is 35.2 Å². The Hall–Kier alpha value is -1.76. The van der Waals surface area contributed by atoms with Gasteiger partial charge in [-0.15, -0.1) is 0 Å². The number of rotatable bonds is 7. The van der Waals surface area contributed by atoms with Gasteiger partial charge in [-0.3, -0.25) is 4.79 Å². The van der Waals surface area contributed by atoms with E-state index in [2.05, 4.69) is 22.8 Å². The minimum absolute atomic E-state index is 0.120. The summed E-state index contributed by atoms with van der Waals surface area (Å²) >= 11 is 13.1. The number of carbonyl (C=O) groups is 1. The molecule has 0 aliphatic carbocycles. The Morgan fingerprint density at radius 3 is 2.41 bits per heavy atom. The summed E-state index contributed by atoms with van der Waals surface area (Å²) in [5.41, 5.74) is 2.88. The molecular weight excluding hydrogens is 422 g/mol. The molecule has 1 heterocycles. The van der Waals surface area contributed by atoms with E-state index < -0.39 is 0 Å². The number of hydrogen-bond donors (Lipinski definition) is 2. The average molecular weight is 448 g/mol. The number of piperidine rings is 1. The van der Waals surface area contributed by atoms with Crippen molar-refractivity contribution in [3.05, 3.63) is 64.7 Å². The smallest absolute Gasteiger partial charge is 0.253 e. The molecule has 0 atom stereocenters. The lowest BCUT2D eigenvalue weighted by Crippen LogP contribution is -2.35. The van der Waals surface area contributed by atoms with E-state index in [1.807, 2.05) is 53.1 Å². The van der Waals surface area contributed by atoms with Crippen LogP contribution in [0.25, 0.3) is 0 Å². The molecule has 154 valence electrons. The van der Waals surface area contributed by atoms with E-state index in [1.165, 1.54) is 12.0 Å². The second-order valence-corrected chi connectivity index (χ2v) is 8.94. The Morgan fingerprint density at radius 2 is 1.72 bits per heavy atom. The summed E-state index contributed by atoms with van der Waals surface area (Å²) in [6.07, 6.45) is 3.42. The van der Waals surface area contributed by atoms with E-state index in [-0.39, 0.29) is 5.91 Å². The quantitative estimate of drug-likeness (QED) is 0.452. The molecule has 0 aromatic heterocycles. The van der Waals surface area contributed by atoms with Gasteiger partial charge in [-0.2, -0.15) is 11.8 Å². The fraction of sp³-hybridized carbons (Fsp3) is 0.364. The lowest BCUT2D eigenvalue weighted by Gasteiger charge is -2.26. The third-order valence-electron chi connectivity index (χ3n) is 4.75. The summed E-state index contributed by atoms with van der Waals surface area (Å²) in [5, 5.41) is 7.75. The number of carbonyl (C=O) groups excluding carboxylic acids is 1. The third-order valence-corrected chi connectivity index (χ3v) is 6.28. The van der Waals surface area contributed by atoms with Crippen molar-refractivity contribution < 1.29 is 4.79 Å². The molecule has 0 unspecified atom stereocenters. The molecule has 2 N–H and O–H groups in total. The standard InChI is InChI=1S/C22H26ClN3OS2/c23-19-8-4-17(5-9-19)16-29-15-12-24-22(28)25-20-10-6-18(7-11-20)21(27)26-13-2-1-3-14-26/h4-11H,1-3,12-16H2,(H2,24,25,28). The fourth-order valence-electron chi connectivity index (χ4n) is 3.16. The molecule has 0 spiro atoms. The monoisotopic (exact) mass is 447 g/mol. The van der Waals surface area contributed by atoms with Crippen molar-refractivity contribution in [2.24, 2.45) is 0 Å². The van der Waals surface area contributed by atoms with Gasteiger partial charge in [0.2, 0.25) is 0 Å². The van der Waals surface area contributed by atoms with Crippen LogP contribution in [0, 0.1) is 0 Å². The summed E-state index contributed by atoms with van der Waals surface area (Å²) in [6.45, 7) is 2.52. The topological polar surface area (TPSA) is 44.4 Å². The summed E-state index contributed by atoms with van der Waals surface area (Å²) in [5.74, 6) is 2.02. The van der Waals surface area contributed by atoms with Gasteiger partial charge in [-0.05, 0) is 73.4 Å². The Bertz CT molecular complexity index is 806. The summed E-state index contributed by atoms with van der Waals surface area (Å²) in [6, 6.07) is 15.5. The number of anilines is 1. The van der Waals surface area contributed by atoms with Gasteiger partial charge in [0.25, 0.3) is 5.91 Å². The van der Waals surface area contributed by atoms with Crippen LogP contribution in [0.15, 0.2) is 48.5 Å². The predicted molar refractivity (Wildman–Crippen MR) is 128 cm³/mol. The molecule has 3 rings (SSSR count). The number of hydrogen-bond acceptors (Lipinski definition) is 3. The van der Waals surface area contributed by atoms with Crippen molar-refractivity contribution in [2.75, 3.05) is 30.7 Å². The van der Waals surface area contributed by atoms with E-state index in [1.54, 1.807) is 0 Å². The van der Waals surface area contributed by atoms with E-state index in [0.29, 0.717) is 5.11 Å². The second-order valence-electron chi connectivity index (χ2n) is 6.99. The number of halogens is 1. The van der Waals surface area contributed by atoms with Gasteiger partial charge < -0.3 is 15.5 Å². The molecular formula is C22H26ClN3OS2. The zero-order valence-corrected chi connectivity index (χ0v) is 18.7. The molecule has 1 amide bonds. The van der Waals surface area contributed by atoms with Crippen molar-refractivity contribution in [2.45, 2.75) is 25.0 Å². The molecule has 0 radical (unpaired) electrons. The van der Waals surface area contributed by atoms with Gasteiger partial charge in [0.05, 0.1) is 0 Å². The molecule has 2 aromatic carbocycles. The zero-order chi connectivity index (χ0) is 20.5. The second kappa shape index (κ2) is 11.4. The highest BCUT2D eigenvalue weighted by molar-refractivity contribution is 7.98.